The van der Waals surface area contributed by atoms with Gasteiger partial charge >= 0.3 is 0 Å². The fourth-order valence-corrected chi connectivity index (χ4v) is 5.20. The van der Waals surface area contributed by atoms with Gasteiger partial charge in [-0.05, 0) is 49.3 Å². The number of sulfonamides is 1. The molecule has 1 aromatic rings. The van der Waals surface area contributed by atoms with Crippen LogP contribution in [-0.4, -0.2) is 55.9 Å². The fraction of sp³-hybridized carbons (Fsp3) is 0.667. The SMILES string of the molecule is O=C(/C=C/c1cccnc1)NCCCCCCCS(=O)(=O)N(CCF)OCC1CCCCC1. The highest BCUT2D eigenvalue weighted by atomic mass is 32.2. The molecule has 1 N–H and O–H groups in total. The summed E-state index contributed by atoms with van der Waals surface area (Å²) >= 11 is 0. The van der Waals surface area contributed by atoms with Gasteiger partial charge < -0.3 is 5.32 Å². The van der Waals surface area contributed by atoms with Crippen LogP contribution in [0.2, 0.25) is 0 Å². The lowest BCUT2D eigenvalue weighted by atomic mass is 9.90. The minimum atomic E-state index is -3.62. The molecule has 1 aliphatic carbocycles. The van der Waals surface area contributed by atoms with Crippen LogP contribution in [0.1, 0.15) is 69.8 Å². The standard InChI is InChI=1S/C24H38FN3O4S/c25-15-18-28(32-21-23-10-5-4-6-11-23)33(30,31)19-8-3-1-2-7-17-27-24(29)14-13-22-12-9-16-26-20-22/h9,12-14,16,20,23H,1-8,10-11,15,17-19,21H2,(H,27,29)/b14-13+. The Balaban J connectivity index is 1.55. The lowest BCUT2D eigenvalue weighted by Gasteiger charge is -2.25. The van der Waals surface area contributed by atoms with E-state index in [9.17, 15) is 17.6 Å². The van der Waals surface area contributed by atoms with Crippen molar-refractivity contribution in [2.75, 3.05) is 32.1 Å². The zero-order valence-corrected chi connectivity index (χ0v) is 20.3. The molecule has 0 unspecified atom stereocenters. The first kappa shape index (κ1) is 27.4. The molecule has 1 aliphatic rings. The third-order valence-corrected chi connectivity index (χ3v) is 7.46. The quantitative estimate of drug-likeness (QED) is 0.215. The van der Waals surface area contributed by atoms with Crippen molar-refractivity contribution in [1.29, 1.82) is 0 Å². The molecule has 0 radical (unpaired) electrons. The molecule has 2 rings (SSSR count). The number of rotatable bonds is 16. The zero-order chi connectivity index (χ0) is 23.8. The molecule has 0 saturated heterocycles. The van der Waals surface area contributed by atoms with E-state index in [2.05, 4.69) is 10.3 Å². The predicted octanol–water partition coefficient (Wildman–Crippen LogP) is 4.27. The molecule has 186 valence electrons. The summed E-state index contributed by atoms with van der Waals surface area (Å²) in [4.78, 5) is 21.3. The van der Waals surface area contributed by atoms with Gasteiger partial charge in [0.05, 0.1) is 18.9 Å². The molecule has 1 heterocycles. The number of nitrogens with zero attached hydrogens (tertiary/aromatic N) is 2. The second-order valence-corrected chi connectivity index (χ2v) is 10.5. The lowest BCUT2D eigenvalue weighted by molar-refractivity contribution is -0.116. The maximum Gasteiger partial charge on any atom is 0.243 e. The minimum absolute atomic E-state index is 0.0342. The van der Waals surface area contributed by atoms with Crippen molar-refractivity contribution >= 4 is 22.0 Å². The van der Waals surface area contributed by atoms with E-state index in [1.807, 2.05) is 12.1 Å². The van der Waals surface area contributed by atoms with Crippen LogP contribution in [-0.2, 0) is 19.7 Å². The van der Waals surface area contributed by atoms with Crippen LogP contribution in [0.25, 0.3) is 6.08 Å². The first-order valence-corrected chi connectivity index (χ1v) is 13.7. The van der Waals surface area contributed by atoms with Crippen molar-refractivity contribution in [2.45, 2.75) is 64.2 Å². The van der Waals surface area contributed by atoms with Gasteiger partial charge in [-0.2, -0.15) is 0 Å². The summed E-state index contributed by atoms with van der Waals surface area (Å²) in [5, 5.41) is 2.84. The van der Waals surface area contributed by atoms with Crippen LogP contribution in [0.5, 0.6) is 0 Å². The Bertz CT molecular complexity index is 799. The largest absolute Gasteiger partial charge is 0.353 e. The summed E-state index contributed by atoms with van der Waals surface area (Å²) < 4.78 is 38.8. The second-order valence-electron chi connectivity index (χ2n) is 8.51. The van der Waals surface area contributed by atoms with Gasteiger partial charge in [0, 0.05) is 25.0 Å². The number of hydrogen-bond donors (Lipinski definition) is 1. The Morgan fingerprint density at radius 3 is 2.67 bits per heavy atom. The van der Waals surface area contributed by atoms with Gasteiger partial charge in [-0.15, -0.1) is 0 Å². The van der Waals surface area contributed by atoms with Crippen LogP contribution >= 0.6 is 0 Å². The number of carbonyl (C=O) groups is 1. The van der Waals surface area contributed by atoms with E-state index in [0.29, 0.717) is 25.5 Å². The molecule has 1 amide bonds. The maximum absolute atomic E-state index is 12.9. The second kappa shape index (κ2) is 15.9. The highest BCUT2D eigenvalue weighted by Gasteiger charge is 2.24. The monoisotopic (exact) mass is 483 g/mol. The molecule has 33 heavy (non-hydrogen) atoms. The number of unbranched alkanes of at least 4 members (excludes halogenated alkanes) is 4. The summed E-state index contributed by atoms with van der Waals surface area (Å²) in [5.41, 5.74) is 0.868. The van der Waals surface area contributed by atoms with Crippen LogP contribution in [0.4, 0.5) is 4.39 Å². The van der Waals surface area contributed by atoms with E-state index in [1.165, 1.54) is 12.5 Å². The summed E-state index contributed by atoms with van der Waals surface area (Å²) in [7, 11) is -3.62. The van der Waals surface area contributed by atoms with Gasteiger partial charge in [-0.1, -0.05) is 49.1 Å². The van der Waals surface area contributed by atoms with Gasteiger partial charge in [0.25, 0.3) is 0 Å². The van der Waals surface area contributed by atoms with E-state index in [-0.39, 0.29) is 18.2 Å². The number of hydrogen-bond acceptors (Lipinski definition) is 5. The van der Waals surface area contributed by atoms with E-state index < -0.39 is 16.7 Å². The van der Waals surface area contributed by atoms with E-state index >= 15 is 0 Å². The van der Waals surface area contributed by atoms with Gasteiger partial charge in [0.1, 0.15) is 6.67 Å². The fourth-order valence-electron chi connectivity index (χ4n) is 3.85. The first-order chi connectivity index (χ1) is 16.0. The number of hydroxylamine groups is 1. The summed E-state index contributed by atoms with van der Waals surface area (Å²) in [6.07, 6.45) is 16.1. The molecular weight excluding hydrogens is 445 g/mol. The maximum atomic E-state index is 12.9. The number of carbonyl (C=O) groups excluding carboxylic acids is 1. The van der Waals surface area contributed by atoms with Crippen LogP contribution in [0.3, 0.4) is 0 Å². The van der Waals surface area contributed by atoms with Crippen molar-refractivity contribution in [3.63, 3.8) is 0 Å². The number of alkyl halides is 1. The smallest absolute Gasteiger partial charge is 0.243 e. The molecule has 7 nitrogen and oxygen atoms in total. The minimum Gasteiger partial charge on any atom is -0.353 e. The van der Waals surface area contributed by atoms with Crippen LogP contribution < -0.4 is 5.32 Å². The molecule has 0 spiro atoms. The molecular formula is C24H38FN3O4S. The van der Waals surface area contributed by atoms with Crippen molar-refractivity contribution < 1.29 is 22.4 Å². The Morgan fingerprint density at radius 2 is 1.94 bits per heavy atom. The molecule has 1 saturated carbocycles. The highest BCUT2D eigenvalue weighted by molar-refractivity contribution is 7.88. The van der Waals surface area contributed by atoms with Crippen LogP contribution in [0, 0.1) is 5.92 Å². The van der Waals surface area contributed by atoms with Crippen molar-refractivity contribution in [2.24, 2.45) is 5.92 Å². The van der Waals surface area contributed by atoms with Gasteiger partial charge in [-0.25, -0.2) is 12.8 Å². The summed E-state index contributed by atoms with van der Waals surface area (Å²) in [6, 6.07) is 3.68. The predicted molar refractivity (Wildman–Crippen MR) is 128 cm³/mol. The van der Waals surface area contributed by atoms with Crippen molar-refractivity contribution in [3.8, 4) is 0 Å². The normalized spacial score (nSPS) is 15.3. The van der Waals surface area contributed by atoms with E-state index in [0.717, 1.165) is 61.4 Å². The van der Waals surface area contributed by atoms with Gasteiger partial charge in [-0.3, -0.25) is 14.6 Å². The molecule has 0 aliphatic heterocycles. The number of pyridine rings is 1. The van der Waals surface area contributed by atoms with Crippen molar-refractivity contribution in [1.82, 2.24) is 14.8 Å². The lowest BCUT2D eigenvalue weighted by Crippen LogP contribution is -2.36. The number of amides is 1. The van der Waals surface area contributed by atoms with Gasteiger partial charge in [0.2, 0.25) is 15.9 Å². The Morgan fingerprint density at radius 1 is 1.18 bits per heavy atom. The summed E-state index contributed by atoms with van der Waals surface area (Å²) in [6.45, 7) is -0.0762. The average molecular weight is 484 g/mol. The third-order valence-electron chi connectivity index (χ3n) is 5.75. The molecule has 1 aromatic heterocycles. The topological polar surface area (TPSA) is 88.6 Å². The van der Waals surface area contributed by atoms with E-state index in [1.54, 1.807) is 18.5 Å². The number of halogens is 1. The Labute approximate surface area is 197 Å². The summed E-state index contributed by atoms with van der Waals surface area (Å²) in [5.74, 6) is 0.182. The van der Waals surface area contributed by atoms with Gasteiger partial charge in [0.15, 0.2) is 0 Å². The number of nitrogens with one attached hydrogen (secondary N) is 1. The molecule has 9 heteroatoms. The third kappa shape index (κ3) is 11.7. The molecule has 0 aromatic carbocycles. The first-order valence-electron chi connectivity index (χ1n) is 12.1. The average Bonchev–Trinajstić information content (AvgIpc) is 2.83. The van der Waals surface area contributed by atoms with Crippen LogP contribution in [0.15, 0.2) is 30.6 Å². The van der Waals surface area contributed by atoms with Crippen molar-refractivity contribution in [3.05, 3.63) is 36.2 Å². The Hall–Kier alpha value is -1.84. The molecule has 1 fully saturated rings. The molecule has 0 bridgehead atoms. The van der Waals surface area contributed by atoms with E-state index in [4.69, 9.17) is 4.84 Å². The zero-order valence-electron chi connectivity index (χ0n) is 19.5. The Kier molecular flexibility index (Phi) is 13.2. The highest BCUT2D eigenvalue weighted by Crippen LogP contribution is 2.24. The number of aromatic nitrogens is 1. The molecule has 0 atom stereocenters.